The van der Waals surface area contributed by atoms with Crippen molar-refractivity contribution in [3.63, 3.8) is 0 Å². The molecule has 7 heteroatoms. The van der Waals surface area contributed by atoms with Gasteiger partial charge in [0, 0.05) is 36.8 Å². The van der Waals surface area contributed by atoms with Gasteiger partial charge >= 0.3 is 6.09 Å². The van der Waals surface area contributed by atoms with Gasteiger partial charge in [-0.2, -0.15) is 0 Å². The van der Waals surface area contributed by atoms with Crippen LogP contribution in [0.2, 0.25) is 0 Å². The molecule has 0 saturated heterocycles. The largest absolute Gasteiger partial charge is 0.497 e. The number of anilines is 1. The number of nitrogens with zero attached hydrogens (tertiary/aromatic N) is 2. The maximum atomic E-state index is 12.3. The first-order valence-electron chi connectivity index (χ1n) is 9.70. The van der Waals surface area contributed by atoms with Crippen molar-refractivity contribution in [3.05, 3.63) is 47.2 Å². The molecule has 1 N–H and O–H groups in total. The number of carbonyl (C=O) groups excluding carboxylic acids is 1. The fourth-order valence-corrected chi connectivity index (χ4v) is 3.18. The molecule has 1 aliphatic heterocycles. The van der Waals surface area contributed by atoms with E-state index in [0.717, 1.165) is 34.1 Å². The van der Waals surface area contributed by atoms with Crippen LogP contribution in [-0.2, 0) is 24.2 Å². The van der Waals surface area contributed by atoms with Crippen molar-refractivity contribution in [2.45, 2.75) is 45.9 Å². The molecule has 0 saturated carbocycles. The Kier molecular flexibility index (Phi) is 6.15. The minimum absolute atomic E-state index is 0.281. The van der Waals surface area contributed by atoms with Gasteiger partial charge < -0.3 is 24.4 Å². The van der Waals surface area contributed by atoms with Crippen molar-refractivity contribution in [3.8, 4) is 11.5 Å². The molecule has 0 fully saturated rings. The first kappa shape index (κ1) is 20.8. The molecular weight excluding hydrogens is 370 g/mol. The number of hydrogen-bond donors (Lipinski definition) is 1. The second kappa shape index (κ2) is 8.59. The molecule has 7 nitrogen and oxygen atoms in total. The van der Waals surface area contributed by atoms with Crippen LogP contribution < -0.4 is 14.8 Å². The minimum atomic E-state index is -0.494. The highest BCUT2D eigenvalue weighted by atomic mass is 16.6. The van der Waals surface area contributed by atoms with E-state index >= 15 is 0 Å². The molecule has 29 heavy (non-hydrogen) atoms. The van der Waals surface area contributed by atoms with Gasteiger partial charge in [-0.05, 0) is 44.5 Å². The predicted octanol–water partition coefficient (Wildman–Crippen LogP) is 4.00. The topological polar surface area (TPSA) is 72.9 Å². The monoisotopic (exact) mass is 399 g/mol. The van der Waals surface area contributed by atoms with E-state index < -0.39 is 5.60 Å². The Bertz CT molecular complexity index is 877. The van der Waals surface area contributed by atoms with Crippen molar-refractivity contribution in [1.29, 1.82) is 0 Å². The van der Waals surface area contributed by atoms with Crippen LogP contribution in [-0.4, -0.2) is 42.3 Å². The summed E-state index contributed by atoms with van der Waals surface area (Å²) in [5.41, 5.74) is 2.58. The summed E-state index contributed by atoms with van der Waals surface area (Å²) in [6.07, 6.45) is 0.424. The van der Waals surface area contributed by atoms with Gasteiger partial charge in [-0.15, -0.1) is 0 Å². The Morgan fingerprint density at radius 3 is 2.66 bits per heavy atom. The molecule has 1 aliphatic rings. The highest BCUT2D eigenvalue weighted by Gasteiger charge is 2.26. The van der Waals surface area contributed by atoms with Crippen LogP contribution in [0.25, 0.3) is 0 Å². The molecule has 3 rings (SSSR count). The number of methoxy groups -OCH3 is 2. The van der Waals surface area contributed by atoms with Crippen LogP contribution in [0.5, 0.6) is 11.5 Å². The summed E-state index contributed by atoms with van der Waals surface area (Å²) in [7, 11) is 3.28. The molecule has 2 heterocycles. The summed E-state index contributed by atoms with van der Waals surface area (Å²) < 4.78 is 16.2. The van der Waals surface area contributed by atoms with Crippen LogP contribution in [0.3, 0.4) is 0 Å². The number of aromatic nitrogens is 1. The number of pyridine rings is 1. The van der Waals surface area contributed by atoms with Gasteiger partial charge in [0.25, 0.3) is 0 Å². The molecule has 0 radical (unpaired) electrons. The molecule has 0 atom stereocenters. The lowest BCUT2D eigenvalue weighted by atomic mass is 10.1. The Labute approximate surface area is 172 Å². The quantitative estimate of drug-likeness (QED) is 0.819. The number of ether oxygens (including phenoxy) is 3. The number of carbonyl (C=O) groups is 1. The fourth-order valence-electron chi connectivity index (χ4n) is 3.18. The van der Waals surface area contributed by atoms with Crippen LogP contribution in [0.15, 0.2) is 30.3 Å². The molecule has 2 aromatic rings. The number of benzene rings is 1. The summed E-state index contributed by atoms with van der Waals surface area (Å²) in [5.74, 6) is 2.32. The number of amides is 1. The van der Waals surface area contributed by atoms with Crippen molar-refractivity contribution < 1.29 is 19.0 Å². The molecule has 0 aliphatic carbocycles. The lowest BCUT2D eigenvalue weighted by Gasteiger charge is -2.31. The molecule has 1 aromatic heterocycles. The lowest BCUT2D eigenvalue weighted by molar-refractivity contribution is 0.0223. The van der Waals surface area contributed by atoms with Crippen LogP contribution in [0.4, 0.5) is 10.6 Å². The molecular formula is C22H29N3O4. The first-order valence-corrected chi connectivity index (χ1v) is 9.70. The van der Waals surface area contributed by atoms with E-state index in [1.54, 1.807) is 19.1 Å². The van der Waals surface area contributed by atoms with Gasteiger partial charge in [0.05, 0.1) is 20.8 Å². The van der Waals surface area contributed by atoms with Gasteiger partial charge in [-0.3, -0.25) is 0 Å². The fraction of sp³-hybridized carbons (Fsp3) is 0.455. The Hall–Kier alpha value is -2.96. The SMILES string of the molecule is COc1ccc(CNc2ccc3c(n2)CCN(C(=O)OC(C)(C)C)C3)c(OC)c1. The summed E-state index contributed by atoms with van der Waals surface area (Å²) in [4.78, 5) is 18.8. The van der Waals surface area contributed by atoms with E-state index in [1.165, 1.54) is 0 Å². The number of fused-ring (bicyclic) bond motifs is 1. The zero-order chi connectivity index (χ0) is 21.0. The van der Waals surface area contributed by atoms with Crippen LogP contribution >= 0.6 is 0 Å². The van der Waals surface area contributed by atoms with Gasteiger partial charge in [-0.25, -0.2) is 9.78 Å². The molecule has 0 unspecified atom stereocenters. The third kappa shape index (κ3) is 5.31. The average Bonchev–Trinajstić information content (AvgIpc) is 2.70. The second-order valence-corrected chi connectivity index (χ2v) is 7.99. The number of nitrogens with one attached hydrogen (secondary N) is 1. The van der Waals surface area contributed by atoms with Gasteiger partial charge in [0.2, 0.25) is 0 Å². The minimum Gasteiger partial charge on any atom is -0.497 e. The predicted molar refractivity (Wildman–Crippen MR) is 111 cm³/mol. The first-order chi connectivity index (χ1) is 13.8. The summed E-state index contributed by atoms with van der Waals surface area (Å²) in [6, 6.07) is 9.70. The summed E-state index contributed by atoms with van der Waals surface area (Å²) in [6.45, 7) is 7.33. The number of rotatable bonds is 5. The average molecular weight is 399 g/mol. The zero-order valence-corrected chi connectivity index (χ0v) is 17.7. The van der Waals surface area contributed by atoms with Gasteiger partial charge in [0.15, 0.2) is 0 Å². The maximum Gasteiger partial charge on any atom is 0.410 e. The second-order valence-electron chi connectivity index (χ2n) is 7.99. The van der Waals surface area contributed by atoms with Crippen molar-refractivity contribution >= 4 is 11.9 Å². The van der Waals surface area contributed by atoms with E-state index in [2.05, 4.69) is 5.32 Å². The molecule has 0 bridgehead atoms. The van der Waals surface area contributed by atoms with Crippen molar-refractivity contribution in [2.75, 3.05) is 26.1 Å². The normalized spacial score (nSPS) is 13.5. The molecule has 1 amide bonds. The molecule has 156 valence electrons. The maximum absolute atomic E-state index is 12.3. The Morgan fingerprint density at radius 1 is 1.17 bits per heavy atom. The van der Waals surface area contributed by atoms with E-state index in [1.807, 2.05) is 51.1 Å². The van der Waals surface area contributed by atoms with E-state index in [4.69, 9.17) is 19.2 Å². The summed E-state index contributed by atoms with van der Waals surface area (Å²) in [5, 5.41) is 3.35. The number of hydrogen-bond acceptors (Lipinski definition) is 6. The Balaban J connectivity index is 1.64. The smallest absolute Gasteiger partial charge is 0.410 e. The van der Waals surface area contributed by atoms with E-state index in [0.29, 0.717) is 26.1 Å². The third-order valence-corrected chi connectivity index (χ3v) is 4.65. The highest BCUT2D eigenvalue weighted by molar-refractivity contribution is 5.68. The molecule has 1 aromatic carbocycles. The van der Waals surface area contributed by atoms with Crippen LogP contribution in [0.1, 0.15) is 37.6 Å². The Morgan fingerprint density at radius 2 is 1.97 bits per heavy atom. The third-order valence-electron chi connectivity index (χ3n) is 4.65. The summed E-state index contributed by atoms with van der Waals surface area (Å²) >= 11 is 0. The molecule has 0 spiro atoms. The lowest BCUT2D eigenvalue weighted by Crippen LogP contribution is -2.40. The van der Waals surface area contributed by atoms with Crippen molar-refractivity contribution in [1.82, 2.24) is 9.88 Å². The van der Waals surface area contributed by atoms with Crippen molar-refractivity contribution in [2.24, 2.45) is 0 Å². The van der Waals surface area contributed by atoms with Crippen LogP contribution in [0, 0.1) is 0 Å². The highest BCUT2D eigenvalue weighted by Crippen LogP contribution is 2.26. The zero-order valence-electron chi connectivity index (χ0n) is 17.7. The van der Waals surface area contributed by atoms with E-state index in [-0.39, 0.29) is 6.09 Å². The van der Waals surface area contributed by atoms with E-state index in [9.17, 15) is 4.79 Å². The van der Waals surface area contributed by atoms with Gasteiger partial charge in [0.1, 0.15) is 22.9 Å². The standard InChI is InChI=1S/C22H29N3O4/c1-22(2,3)29-21(26)25-11-10-18-16(14-25)7-9-20(24-18)23-13-15-6-8-17(27-4)12-19(15)28-5/h6-9,12H,10-11,13-14H2,1-5H3,(H,23,24). The van der Waals surface area contributed by atoms with Gasteiger partial charge in [-0.1, -0.05) is 6.07 Å².